The lowest BCUT2D eigenvalue weighted by molar-refractivity contribution is 0.0456. The van der Waals surface area contributed by atoms with Gasteiger partial charge >= 0.3 is 6.09 Å². The highest BCUT2D eigenvalue weighted by molar-refractivity contribution is 5.97. The van der Waals surface area contributed by atoms with Crippen LogP contribution in [-0.4, -0.2) is 59.6 Å². The molecule has 2 heterocycles. The molecule has 2 aliphatic carbocycles. The van der Waals surface area contributed by atoms with E-state index in [1.807, 2.05) is 37.8 Å². The first kappa shape index (κ1) is 20.8. The third kappa shape index (κ3) is 2.49. The highest BCUT2D eigenvalue weighted by atomic mass is 16.6. The summed E-state index contributed by atoms with van der Waals surface area (Å²) in [5.74, 6) is 1.17. The first-order chi connectivity index (χ1) is 14.7. The number of β-amino-alcohol motifs (C(OH)–C–C–N with tert-alkyl or cyclic N) is 1. The smallest absolute Gasteiger partial charge is 0.415 e. The Labute approximate surface area is 184 Å². The standard InChI is InChI=1S/C25H34N2O4/c1-6-23-9-10-25-20(16-23)24(25,11-12-26(23)13-14-28)18-15-17(30-5)7-8-19(18)27(25)21(29)31-22(2,3)4/h6-8,15,20,28H,1,9-14,16H2,2-5H3/t20?,23-,24+,25-/m1/s1. The van der Waals surface area contributed by atoms with E-state index >= 15 is 0 Å². The van der Waals surface area contributed by atoms with E-state index in [0.717, 1.165) is 43.7 Å². The van der Waals surface area contributed by atoms with Gasteiger partial charge in [-0.2, -0.15) is 0 Å². The van der Waals surface area contributed by atoms with Gasteiger partial charge in [0.1, 0.15) is 11.4 Å². The number of fused-ring (bicyclic) bond motifs is 2. The molecular formula is C25H34N2O4. The summed E-state index contributed by atoms with van der Waals surface area (Å²) < 4.78 is 11.5. The molecular weight excluding hydrogens is 392 g/mol. The molecule has 0 aromatic heterocycles. The Morgan fingerprint density at radius 2 is 2.10 bits per heavy atom. The van der Waals surface area contributed by atoms with E-state index in [1.54, 1.807) is 7.11 Å². The van der Waals surface area contributed by atoms with Crippen molar-refractivity contribution in [3.63, 3.8) is 0 Å². The molecule has 1 saturated heterocycles. The molecule has 4 atom stereocenters. The Bertz CT molecular complexity index is 940. The molecule has 2 saturated carbocycles. The van der Waals surface area contributed by atoms with E-state index in [-0.39, 0.29) is 29.2 Å². The van der Waals surface area contributed by atoms with Gasteiger partial charge in [-0.1, -0.05) is 6.08 Å². The predicted molar refractivity (Wildman–Crippen MR) is 120 cm³/mol. The van der Waals surface area contributed by atoms with Crippen LogP contribution in [0.15, 0.2) is 30.9 Å². The highest BCUT2D eigenvalue weighted by Gasteiger charge is 2.86. The molecule has 1 aromatic carbocycles. The van der Waals surface area contributed by atoms with Gasteiger partial charge in [-0.15, -0.1) is 6.58 Å². The molecule has 1 aromatic rings. The van der Waals surface area contributed by atoms with Gasteiger partial charge in [0, 0.05) is 24.0 Å². The quantitative estimate of drug-likeness (QED) is 0.741. The zero-order valence-electron chi connectivity index (χ0n) is 19.1. The highest BCUT2D eigenvalue weighted by Crippen LogP contribution is 2.81. The number of nitrogens with zero attached hydrogens (tertiary/aromatic N) is 2. The zero-order valence-corrected chi connectivity index (χ0v) is 19.1. The fourth-order valence-electron chi connectivity index (χ4n) is 7.26. The molecule has 4 aliphatic rings. The Morgan fingerprint density at radius 3 is 2.74 bits per heavy atom. The summed E-state index contributed by atoms with van der Waals surface area (Å²) in [4.78, 5) is 18.0. The number of hydrogen-bond acceptors (Lipinski definition) is 5. The van der Waals surface area contributed by atoms with Gasteiger partial charge in [0.05, 0.1) is 24.9 Å². The minimum Gasteiger partial charge on any atom is -0.497 e. The maximum Gasteiger partial charge on any atom is 0.415 e. The SMILES string of the molecule is C=C[C@@]12CC[C@@]34C(C1)[C@]3(CCN2CCO)c1cc(OC)ccc1N4C(=O)OC(C)(C)C. The van der Waals surface area contributed by atoms with Crippen molar-refractivity contribution in [1.82, 2.24) is 4.90 Å². The minimum absolute atomic E-state index is 0.0945. The van der Waals surface area contributed by atoms with E-state index < -0.39 is 5.60 Å². The number of aliphatic hydroxyl groups is 1. The number of methoxy groups -OCH3 is 1. The fraction of sp³-hybridized carbons (Fsp3) is 0.640. The summed E-state index contributed by atoms with van der Waals surface area (Å²) in [5, 5.41) is 9.70. The summed E-state index contributed by atoms with van der Waals surface area (Å²) in [6, 6.07) is 6.10. The number of hydrogen-bond donors (Lipinski definition) is 1. The van der Waals surface area contributed by atoms with Crippen molar-refractivity contribution < 1.29 is 19.4 Å². The lowest BCUT2D eigenvalue weighted by Crippen LogP contribution is -2.56. The summed E-state index contributed by atoms with van der Waals surface area (Å²) in [7, 11) is 1.69. The van der Waals surface area contributed by atoms with Gasteiger partial charge in [0.15, 0.2) is 0 Å². The number of amides is 1. The molecule has 2 spiro atoms. The van der Waals surface area contributed by atoms with Gasteiger partial charge in [-0.05, 0) is 76.1 Å². The van der Waals surface area contributed by atoms with Crippen LogP contribution in [0.5, 0.6) is 5.75 Å². The summed E-state index contributed by atoms with van der Waals surface area (Å²) in [5.41, 5.74) is 1.18. The molecule has 5 rings (SSSR count). The lowest BCUT2D eigenvalue weighted by Gasteiger charge is -2.48. The molecule has 1 amide bonds. The monoisotopic (exact) mass is 426 g/mol. The second-order valence-electron chi connectivity index (χ2n) is 10.6. The lowest BCUT2D eigenvalue weighted by atomic mass is 9.77. The number of benzene rings is 1. The molecule has 168 valence electrons. The van der Waals surface area contributed by atoms with Crippen molar-refractivity contribution in [2.75, 3.05) is 31.7 Å². The van der Waals surface area contributed by atoms with Gasteiger partial charge < -0.3 is 14.6 Å². The van der Waals surface area contributed by atoms with E-state index in [4.69, 9.17) is 9.47 Å². The number of anilines is 1. The zero-order chi connectivity index (χ0) is 22.2. The Hall–Kier alpha value is -2.05. The second kappa shape index (κ2) is 6.48. The van der Waals surface area contributed by atoms with Crippen LogP contribution in [-0.2, 0) is 10.2 Å². The molecule has 2 bridgehead atoms. The summed E-state index contributed by atoms with van der Waals surface area (Å²) >= 11 is 0. The first-order valence-corrected chi connectivity index (χ1v) is 11.4. The number of ether oxygens (including phenoxy) is 2. The Kier molecular flexibility index (Phi) is 4.36. The van der Waals surface area contributed by atoms with E-state index in [2.05, 4.69) is 23.6 Å². The van der Waals surface area contributed by atoms with Crippen molar-refractivity contribution in [1.29, 1.82) is 0 Å². The first-order valence-electron chi connectivity index (χ1n) is 11.4. The fourth-order valence-corrected chi connectivity index (χ4v) is 7.26. The van der Waals surface area contributed by atoms with Crippen LogP contribution in [0.3, 0.4) is 0 Å². The van der Waals surface area contributed by atoms with Crippen LogP contribution in [0.1, 0.15) is 52.0 Å². The third-order valence-electron chi connectivity index (χ3n) is 8.41. The van der Waals surface area contributed by atoms with Crippen molar-refractivity contribution in [2.24, 2.45) is 5.92 Å². The van der Waals surface area contributed by atoms with Crippen LogP contribution in [0.25, 0.3) is 0 Å². The summed E-state index contributed by atoms with van der Waals surface area (Å²) in [6.07, 6.45) is 5.58. The van der Waals surface area contributed by atoms with Gasteiger partial charge in [-0.3, -0.25) is 9.80 Å². The van der Waals surface area contributed by atoms with Crippen LogP contribution in [0.2, 0.25) is 0 Å². The van der Waals surface area contributed by atoms with Gasteiger partial charge in [-0.25, -0.2) is 4.79 Å². The molecule has 6 heteroatoms. The average Bonchev–Trinajstić information content (AvgIpc) is 3.25. The third-order valence-corrected chi connectivity index (χ3v) is 8.41. The van der Waals surface area contributed by atoms with Gasteiger partial charge in [0.2, 0.25) is 0 Å². The molecule has 1 unspecified atom stereocenters. The number of carbonyl (C=O) groups excluding carboxylic acids is 1. The second-order valence-corrected chi connectivity index (χ2v) is 10.6. The number of carbonyl (C=O) groups is 1. The topological polar surface area (TPSA) is 62.2 Å². The van der Waals surface area contributed by atoms with Crippen molar-refractivity contribution >= 4 is 11.8 Å². The maximum absolute atomic E-state index is 13.5. The average molecular weight is 427 g/mol. The van der Waals surface area contributed by atoms with Crippen molar-refractivity contribution in [2.45, 2.75) is 68.5 Å². The van der Waals surface area contributed by atoms with Gasteiger partial charge in [0.25, 0.3) is 0 Å². The predicted octanol–water partition coefficient (Wildman–Crippen LogP) is 3.86. The van der Waals surface area contributed by atoms with Crippen LogP contribution >= 0.6 is 0 Å². The molecule has 1 N–H and O–H groups in total. The number of likely N-dealkylation sites (tertiary alicyclic amines) is 1. The molecule has 3 fully saturated rings. The molecule has 2 aliphatic heterocycles. The Balaban J connectivity index is 1.64. The molecule has 31 heavy (non-hydrogen) atoms. The van der Waals surface area contributed by atoms with Crippen LogP contribution < -0.4 is 9.64 Å². The number of aliphatic hydroxyl groups excluding tert-OH is 1. The normalized spacial score (nSPS) is 35.6. The largest absolute Gasteiger partial charge is 0.497 e. The van der Waals surface area contributed by atoms with E-state index in [1.165, 1.54) is 5.56 Å². The Morgan fingerprint density at radius 1 is 1.32 bits per heavy atom. The molecule has 0 radical (unpaired) electrons. The minimum atomic E-state index is -0.551. The number of rotatable bonds is 4. The van der Waals surface area contributed by atoms with E-state index in [0.29, 0.717) is 12.5 Å². The van der Waals surface area contributed by atoms with Crippen LogP contribution in [0, 0.1) is 5.92 Å². The summed E-state index contributed by atoms with van der Waals surface area (Å²) in [6.45, 7) is 11.6. The van der Waals surface area contributed by atoms with Crippen molar-refractivity contribution in [3.8, 4) is 5.75 Å². The van der Waals surface area contributed by atoms with Crippen LogP contribution in [0.4, 0.5) is 10.5 Å². The maximum atomic E-state index is 13.5. The van der Waals surface area contributed by atoms with Crippen molar-refractivity contribution in [3.05, 3.63) is 36.4 Å². The molecule has 6 nitrogen and oxygen atoms in total. The van der Waals surface area contributed by atoms with E-state index in [9.17, 15) is 9.90 Å².